The summed E-state index contributed by atoms with van der Waals surface area (Å²) in [5.41, 5.74) is 9.55. The van der Waals surface area contributed by atoms with E-state index in [4.69, 9.17) is 115 Å². The highest BCUT2D eigenvalue weighted by molar-refractivity contribution is 9.10. The Morgan fingerprint density at radius 3 is 1.26 bits per heavy atom. The molecule has 10 aliphatic heterocycles. The molecule has 3 aliphatic carbocycles. The van der Waals surface area contributed by atoms with Crippen molar-refractivity contribution in [3.05, 3.63) is 252 Å². The number of halogens is 13. The van der Waals surface area contributed by atoms with Gasteiger partial charge in [0.1, 0.15) is 46.5 Å². The van der Waals surface area contributed by atoms with E-state index < -0.39 is 46.2 Å². The number of carbonyl (C=O) groups excluding carboxylic acids is 5. The first-order valence-electron chi connectivity index (χ1n) is 48.8. The van der Waals surface area contributed by atoms with Gasteiger partial charge >= 0.3 is 0 Å². The first-order chi connectivity index (χ1) is 68.8. The maximum atomic E-state index is 14.7. The summed E-state index contributed by atoms with van der Waals surface area (Å²) >= 11 is 52.6. The second-order valence-corrected chi connectivity index (χ2v) is 45.3. The summed E-state index contributed by atoms with van der Waals surface area (Å²) in [7, 11) is 11.1. The van der Waals surface area contributed by atoms with Gasteiger partial charge in [-0.05, 0) is 235 Å². The number of aromatic nitrogens is 10. The Morgan fingerprint density at radius 2 is 0.806 bits per heavy atom. The highest BCUT2D eigenvalue weighted by Crippen LogP contribution is 2.70. The van der Waals surface area contributed by atoms with E-state index in [2.05, 4.69) is 56.9 Å². The summed E-state index contributed by atoms with van der Waals surface area (Å²) in [4.78, 5) is 67.3. The second kappa shape index (κ2) is 41.9. The zero-order valence-corrected chi connectivity index (χ0v) is 89.7. The normalized spacial score (nSPS) is 24.0. The molecule has 144 heavy (non-hydrogen) atoms. The monoisotopic (exact) mass is 2260 g/mol. The Balaban J connectivity index is 0.000000114. The van der Waals surface area contributed by atoms with Gasteiger partial charge in [-0.3, -0.25) is 24.0 Å². The van der Waals surface area contributed by atoms with Crippen LogP contribution in [0.15, 0.2) is 81.7 Å². The molecular formula is C102H110Br2Cl3F8N15O9S5. The number of rotatable bonds is 19. The minimum absolute atomic E-state index is 0.00144. The molecule has 23 rings (SSSR count). The summed E-state index contributed by atoms with van der Waals surface area (Å²) in [5.74, 6) is -4.78. The van der Waals surface area contributed by atoms with Gasteiger partial charge in [-0.2, -0.15) is 0 Å². The van der Waals surface area contributed by atoms with Crippen molar-refractivity contribution in [1.29, 1.82) is 0 Å². The molecule has 24 nitrogen and oxygen atoms in total. The molecule has 0 spiro atoms. The molecule has 0 radical (unpaired) electrons. The lowest BCUT2D eigenvalue weighted by molar-refractivity contribution is -0.132. The number of hydrogen-bond acceptors (Lipinski definition) is 14. The topological polar surface area (TPSA) is 214 Å². The Labute approximate surface area is 884 Å². The molecule has 3 saturated carbocycles. The first-order valence-corrected chi connectivity index (χ1v) is 53.5. The van der Waals surface area contributed by atoms with Gasteiger partial charge in [0.15, 0.2) is 23.9 Å². The lowest BCUT2D eigenvalue weighted by atomic mass is 9.92. The molecule has 42 heteroatoms. The molecule has 13 aliphatic rings. The standard InChI is InChI=1S/2C21H23BrFN3O2S.C20H20ClF2N3O2S.C20H22ClF2N3O2S.C20H22ClF2N3OS/c1-25-17(9-18(27)24-13-4-6-28-7-5-13)19-15-10-21(15,11-26(19)20(25)29)14-8-12(22)2-3-16(14)23;1-25-17(8-18(27)24-13-3-2-6-28-10-13)19-15-9-21(15,11-26(19)20(25)29)14-7-12(22)4-5-16(14)23;1-25-14(6-15(27)24-10-4-5-28-8-10)18-11-7-20(11,9-26(18)19(25)29)16-13(22)3-2-12(21)17(16)23;1-24(12-5-6-28-10-12)17(27)8-15-16-7-11(9-26(16)20(29)25(15)2)18-14(22)4-3-13(21)19(18)23;1-24-15(10-17(27)25-7-3-2-4-8-25)16-9-12(11-26(16)20(24)28)18-14(22)6-5-13(21)19(18)23/h2-3,8,13,15H,4-7,9-11H2,1H3,(H,24,27);4-5,7,13,15H,2-3,6,8-11H2,1H3,(H,24,27);2-3,10-11H,4-9H2,1H3,(H,24,27);3-4,11-12H,5-10H2,1-2H3;5-6,12H,2-4,7-11H2,1H3/t15-,21+;13-,15+,21-;10-,11+,20+;11-,12?;12-/m01111/s1. The van der Waals surface area contributed by atoms with Crippen LogP contribution in [0.25, 0.3) is 0 Å². The van der Waals surface area contributed by atoms with Gasteiger partial charge in [-0.1, -0.05) is 66.7 Å². The molecule has 5 amide bonds. The van der Waals surface area contributed by atoms with Crippen LogP contribution in [0.5, 0.6) is 0 Å². The third kappa shape index (κ3) is 19.6. The molecule has 5 aromatic carbocycles. The average molecular weight is 2270 g/mol. The Morgan fingerprint density at radius 1 is 0.424 bits per heavy atom. The lowest BCUT2D eigenvalue weighted by Crippen LogP contribution is -2.41. The van der Waals surface area contributed by atoms with Crippen LogP contribution in [0.3, 0.4) is 0 Å². The van der Waals surface area contributed by atoms with E-state index >= 15 is 0 Å². The number of hydrogen-bond donors (Lipinski definition) is 3. The molecule has 3 N–H and O–H groups in total. The van der Waals surface area contributed by atoms with Crippen molar-refractivity contribution in [2.75, 3.05) is 73.0 Å². The molecule has 10 aromatic rings. The van der Waals surface area contributed by atoms with E-state index in [9.17, 15) is 59.1 Å². The van der Waals surface area contributed by atoms with Crippen molar-refractivity contribution in [3.8, 4) is 0 Å². The molecule has 768 valence electrons. The van der Waals surface area contributed by atoms with Crippen LogP contribution in [0, 0.1) is 70.4 Å². The van der Waals surface area contributed by atoms with E-state index in [1.54, 1.807) is 24.1 Å². The van der Waals surface area contributed by atoms with Crippen LogP contribution in [-0.4, -0.2) is 182 Å². The Hall–Kier alpha value is -8.29. The van der Waals surface area contributed by atoms with E-state index in [0.717, 1.165) is 167 Å². The van der Waals surface area contributed by atoms with Crippen molar-refractivity contribution in [1.82, 2.24) is 71.4 Å². The number of amides is 5. The van der Waals surface area contributed by atoms with Gasteiger partial charge in [0.25, 0.3) is 0 Å². The minimum Gasteiger partial charge on any atom is -0.381 e. The quantitative estimate of drug-likeness (QED) is 0.0390. The fourth-order valence-electron chi connectivity index (χ4n) is 24.0. The minimum atomic E-state index is -0.726. The first kappa shape index (κ1) is 104. The second-order valence-electron chi connectivity index (χ2n) is 40.4. The highest BCUT2D eigenvalue weighted by Gasteiger charge is 2.67. The number of fused-ring (bicyclic) bond motifs is 11. The predicted octanol–water partition coefficient (Wildman–Crippen LogP) is 18.8. The van der Waals surface area contributed by atoms with Crippen LogP contribution in [0.2, 0.25) is 15.1 Å². The highest BCUT2D eigenvalue weighted by atomic mass is 79.9. The number of ether oxygens (including phenoxy) is 4. The van der Waals surface area contributed by atoms with E-state index in [1.165, 1.54) is 48.5 Å². The number of nitrogens with one attached hydrogen (secondary N) is 3. The summed E-state index contributed by atoms with van der Waals surface area (Å²) in [5, 5.41) is 8.96. The predicted molar refractivity (Wildman–Crippen MR) is 546 cm³/mol. The Bertz CT molecular complexity index is 7000. The zero-order chi connectivity index (χ0) is 102. The molecular weight excluding hydrogens is 2160 g/mol. The summed E-state index contributed by atoms with van der Waals surface area (Å²) in [6.07, 6.45) is 12.9. The summed E-state index contributed by atoms with van der Waals surface area (Å²) in [6.45, 7) is 9.18. The van der Waals surface area contributed by atoms with Crippen LogP contribution in [0.1, 0.15) is 191 Å². The zero-order valence-electron chi connectivity index (χ0n) is 80.2. The molecule has 11 atom stereocenters. The molecule has 1 unspecified atom stereocenters. The number of benzene rings is 5. The number of nitrogens with zero attached hydrogens (tertiary/aromatic N) is 12. The molecule has 8 fully saturated rings. The fourth-order valence-corrected chi connectivity index (χ4v) is 26.7. The number of imidazole rings is 5. The molecule has 0 bridgehead atoms. The molecule has 15 heterocycles. The largest absolute Gasteiger partial charge is 0.381 e. The van der Waals surface area contributed by atoms with Gasteiger partial charge in [0, 0.05) is 256 Å². The Kier molecular flexibility index (Phi) is 30.3. The van der Waals surface area contributed by atoms with Crippen molar-refractivity contribution >= 4 is 157 Å². The lowest BCUT2D eigenvalue weighted by Gasteiger charge is -2.27. The van der Waals surface area contributed by atoms with Crippen LogP contribution in [-0.2, 0) is 172 Å². The van der Waals surface area contributed by atoms with Crippen molar-refractivity contribution < 1.29 is 78.0 Å². The number of carbonyl (C=O) groups is 5. The van der Waals surface area contributed by atoms with Crippen LogP contribution < -0.4 is 16.0 Å². The van der Waals surface area contributed by atoms with E-state index in [1.807, 2.05) is 88.8 Å². The van der Waals surface area contributed by atoms with Gasteiger partial charge in [-0.15, -0.1) is 0 Å². The summed E-state index contributed by atoms with van der Waals surface area (Å²) in [6, 6.07) is 17.9. The number of piperidine rings is 1. The fraction of sp³-hybridized carbons (Fsp3) is 0.510. The smallest absolute Gasteiger partial charge is 0.228 e. The van der Waals surface area contributed by atoms with Crippen LogP contribution in [0.4, 0.5) is 35.1 Å². The van der Waals surface area contributed by atoms with Gasteiger partial charge in [0.05, 0.1) is 85.1 Å². The average Bonchev–Trinajstić information content (AvgIpc) is 1.51. The van der Waals surface area contributed by atoms with Gasteiger partial charge < -0.3 is 90.4 Å². The van der Waals surface area contributed by atoms with Gasteiger partial charge in [0.2, 0.25) is 29.5 Å². The number of likely N-dealkylation sites (tertiary alicyclic amines) is 1. The van der Waals surface area contributed by atoms with E-state index in [-0.39, 0.29) is 157 Å². The van der Waals surface area contributed by atoms with Crippen LogP contribution >= 0.6 is 128 Å². The van der Waals surface area contributed by atoms with Crippen molar-refractivity contribution in [3.63, 3.8) is 0 Å². The number of likely N-dealkylation sites (N-methyl/N-ethyl adjacent to an activating group) is 1. The molecule has 5 aromatic heterocycles. The van der Waals surface area contributed by atoms with Crippen molar-refractivity contribution in [2.24, 2.45) is 35.2 Å². The SMILES string of the molecule is CN(C(=O)Cc1c2n(c(=S)n1C)C[C@H](c1c(F)ccc(Cl)c1F)C2)C1CCOC1.Cn1c(CC(=O)N2CCCCC2)c2n(c1=S)C[C@H](c1c(F)ccc(Cl)c1F)C2.Cn1c(CC(=O)NC2CCOCC2)c2n(c1=S)C[C@@]1(c3cc(Br)ccc3F)C[C@@H]21.Cn1c(CC(=O)N[C@@H]2CCCOC2)c2n(c1=S)C[C@@]1(c3cc(Br)ccc3F)C[C@@H]21.Cn1c(CC(=O)N[C@@H]2CCOC2)c2n(c1=S)C[C@@]1(c3c(F)ccc(Cl)c3F)C[C@@H]21. The van der Waals surface area contributed by atoms with Gasteiger partial charge in [-0.25, -0.2) is 35.1 Å². The maximum absolute atomic E-state index is 14.7. The summed E-state index contributed by atoms with van der Waals surface area (Å²) < 4.78 is 162. The van der Waals surface area contributed by atoms with E-state index in [0.29, 0.717) is 129 Å². The maximum Gasteiger partial charge on any atom is 0.228 e. The third-order valence-corrected chi connectivity index (χ3v) is 36.3. The van der Waals surface area contributed by atoms with Crippen molar-refractivity contribution in [2.45, 2.75) is 225 Å². The third-order valence-electron chi connectivity index (χ3n) is 31.9. The molecule has 5 saturated heterocycles.